The van der Waals surface area contributed by atoms with Crippen LogP contribution in [0.4, 0.5) is 0 Å². The van der Waals surface area contributed by atoms with E-state index in [4.69, 9.17) is 0 Å². The molecule has 3 rings (SSSR count). The number of hydrogen-bond donors (Lipinski definition) is 0. The van der Waals surface area contributed by atoms with Crippen LogP contribution in [-0.2, 0) is 19.6 Å². The molecule has 0 aliphatic carbocycles. The van der Waals surface area contributed by atoms with E-state index in [2.05, 4.69) is 63.4 Å². The van der Waals surface area contributed by atoms with E-state index in [-0.39, 0.29) is 0 Å². The highest BCUT2D eigenvalue weighted by Crippen LogP contribution is 2.11. The summed E-state index contributed by atoms with van der Waals surface area (Å²) in [5.74, 6) is 0.985. The number of piperazine rings is 1. The van der Waals surface area contributed by atoms with Crippen molar-refractivity contribution in [1.82, 2.24) is 30.0 Å². The van der Waals surface area contributed by atoms with Crippen molar-refractivity contribution >= 4 is 0 Å². The summed E-state index contributed by atoms with van der Waals surface area (Å²) in [5, 5.41) is 12.1. The molecule has 0 saturated carbocycles. The van der Waals surface area contributed by atoms with Crippen molar-refractivity contribution in [3.63, 3.8) is 0 Å². The van der Waals surface area contributed by atoms with Crippen molar-refractivity contribution in [3.05, 3.63) is 41.2 Å². The second-order valence-electron chi connectivity index (χ2n) is 6.36. The minimum absolute atomic E-state index is 0.852. The van der Waals surface area contributed by atoms with Gasteiger partial charge in [0.2, 0.25) is 0 Å². The Morgan fingerprint density at radius 3 is 2.48 bits per heavy atom. The molecule has 1 saturated heterocycles. The van der Waals surface area contributed by atoms with Gasteiger partial charge in [-0.3, -0.25) is 9.80 Å². The van der Waals surface area contributed by atoms with Crippen LogP contribution >= 0.6 is 0 Å². The maximum atomic E-state index is 4.17. The summed E-state index contributed by atoms with van der Waals surface area (Å²) in [6, 6.07) is 8.81. The summed E-state index contributed by atoms with van der Waals surface area (Å²) in [6.45, 7) is 11.4. The molecule has 1 aromatic heterocycles. The van der Waals surface area contributed by atoms with Crippen molar-refractivity contribution in [2.24, 2.45) is 0 Å². The van der Waals surface area contributed by atoms with Gasteiger partial charge in [0.1, 0.15) is 0 Å². The molecule has 6 nitrogen and oxygen atoms in total. The first kappa shape index (κ1) is 16.1. The zero-order valence-electron chi connectivity index (χ0n) is 14.1. The third-order valence-electron chi connectivity index (χ3n) is 4.36. The number of tetrazole rings is 1. The summed E-state index contributed by atoms with van der Waals surface area (Å²) >= 11 is 0. The van der Waals surface area contributed by atoms with Crippen LogP contribution in [0.15, 0.2) is 24.3 Å². The maximum absolute atomic E-state index is 4.17. The van der Waals surface area contributed by atoms with Gasteiger partial charge in [0.25, 0.3) is 0 Å². The molecule has 2 aromatic rings. The van der Waals surface area contributed by atoms with E-state index in [0.29, 0.717) is 0 Å². The molecule has 23 heavy (non-hydrogen) atoms. The van der Waals surface area contributed by atoms with E-state index in [1.165, 1.54) is 11.1 Å². The van der Waals surface area contributed by atoms with Gasteiger partial charge in [0.05, 0.1) is 6.54 Å². The third kappa shape index (κ3) is 4.36. The Hall–Kier alpha value is -1.79. The maximum Gasteiger partial charge on any atom is 0.165 e. The van der Waals surface area contributed by atoms with Crippen molar-refractivity contribution in [2.75, 3.05) is 26.2 Å². The van der Waals surface area contributed by atoms with Gasteiger partial charge < -0.3 is 0 Å². The highest BCUT2D eigenvalue weighted by molar-refractivity contribution is 5.22. The molecule has 0 amide bonds. The van der Waals surface area contributed by atoms with Crippen LogP contribution in [0.5, 0.6) is 0 Å². The molecule has 0 N–H and O–H groups in total. The Kier molecular flexibility index (Phi) is 5.35. The van der Waals surface area contributed by atoms with Crippen LogP contribution in [-0.4, -0.2) is 56.2 Å². The molecule has 0 unspecified atom stereocenters. The topological polar surface area (TPSA) is 50.1 Å². The van der Waals surface area contributed by atoms with E-state index in [0.717, 1.165) is 58.1 Å². The normalized spacial score (nSPS) is 16.8. The second-order valence-corrected chi connectivity index (χ2v) is 6.36. The first-order valence-electron chi connectivity index (χ1n) is 8.50. The quantitative estimate of drug-likeness (QED) is 0.812. The number of nitrogens with zero attached hydrogens (tertiary/aromatic N) is 6. The molecule has 0 atom stereocenters. The zero-order valence-corrected chi connectivity index (χ0v) is 14.1. The van der Waals surface area contributed by atoms with Crippen molar-refractivity contribution < 1.29 is 0 Å². The number of hydrogen-bond acceptors (Lipinski definition) is 5. The van der Waals surface area contributed by atoms with Gasteiger partial charge in [0, 0.05) is 39.3 Å². The predicted molar refractivity (Wildman–Crippen MR) is 89.8 cm³/mol. The molecule has 0 radical (unpaired) electrons. The van der Waals surface area contributed by atoms with E-state index < -0.39 is 0 Å². The second kappa shape index (κ2) is 7.66. The minimum atomic E-state index is 0.852. The Morgan fingerprint density at radius 1 is 1.04 bits per heavy atom. The highest BCUT2D eigenvalue weighted by Gasteiger charge is 2.19. The standard InChI is InChI=1S/C17H26N6/c1-3-7-23-17(18-19-20-23)14-22-10-8-21(9-11-22)13-16-6-4-5-15(2)12-16/h4-6,12H,3,7-11,13-14H2,1-2H3. The summed E-state index contributed by atoms with van der Waals surface area (Å²) < 4.78 is 1.93. The number of aryl methyl sites for hydroxylation is 2. The van der Waals surface area contributed by atoms with E-state index in [9.17, 15) is 0 Å². The summed E-state index contributed by atoms with van der Waals surface area (Å²) in [7, 11) is 0. The minimum Gasteiger partial charge on any atom is -0.297 e. The van der Waals surface area contributed by atoms with Gasteiger partial charge in [-0.1, -0.05) is 36.8 Å². The van der Waals surface area contributed by atoms with Crippen LogP contribution in [0.3, 0.4) is 0 Å². The monoisotopic (exact) mass is 314 g/mol. The lowest BCUT2D eigenvalue weighted by Gasteiger charge is -2.34. The van der Waals surface area contributed by atoms with Crippen LogP contribution in [0.1, 0.15) is 30.3 Å². The average molecular weight is 314 g/mol. The average Bonchev–Trinajstić information content (AvgIpc) is 2.97. The molecule has 2 heterocycles. The van der Waals surface area contributed by atoms with Gasteiger partial charge in [-0.2, -0.15) is 0 Å². The van der Waals surface area contributed by atoms with Crippen LogP contribution < -0.4 is 0 Å². The summed E-state index contributed by atoms with van der Waals surface area (Å²) in [5.41, 5.74) is 2.74. The lowest BCUT2D eigenvalue weighted by atomic mass is 10.1. The van der Waals surface area contributed by atoms with Gasteiger partial charge in [-0.05, 0) is 29.3 Å². The predicted octanol–water partition coefficient (Wildman–Crippen LogP) is 1.71. The Labute approximate surface area is 138 Å². The summed E-state index contributed by atoms with van der Waals surface area (Å²) in [6.07, 6.45) is 1.06. The number of benzene rings is 1. The first-order chi connectivity index (χ1) is 11.2. The SMILES string of the molecule is CCCn1nnnc1CN1CCN(Cc2cccc(C)c2)CC1. The molecular formula is C17H26N6. The fraction of sp³-hybridized carbons (Fsp3) is 0.588. The van der Waals surface area contributed by atoms with Crippen LogP contribution in [0, 0.1) is 6.92 Å². The Bertz CT molecular complexity index is 615. The van der Waals surface area contributed by atoms with Crippen LogP contribution in [0.2, 0.25) is 0 Å². The molecule has 1 aliphatic heterocycles. The Morgan fingerprint density at radius 2 is 1.78 bits per heavy atom. The molecule has 6 heteroatoms. The lowest BCUT2D eigenvalue weighted by molar-refractivity contribution is 0.118. The zero-order chi connectivity index (χ0) is 16.1. The number of rotatable bonds is 6. The molecule has 1 fully saturated rings. The van der Waals surface area contributed by atoms with Crippen molar-refractivity contribution in [3.8, 4) is 0 Å². The largest absolute Gasteiger partial charge is 0.297 e. The molecule has 1 aromatic carbocycles. The van der Waals surface area contributed by atoms with E-state index in [1.807, 2.05) is 4.68 Å². The van der Waals surface area contributed by atoms with Gasteiger partial charge in [-0.15, -0.1) is 5.10 Å². The molecule has 124 valence electrons. The van der Waals surface area contributed by atoms with E-state index >= 15 is 0 Å². The molecule has 1 aliphatic rings. The molecular weight excluding hydrogens is 288 g/mol. The van der Waals surface area contributed by atoms with E-state index in [1.54, 1.807) is 0 Å². The van der Waals surface area contributed by atoms with Crippen molar-refractivity contribution in [2.45, 2.75) is 39.9 Å². The van der Waals surface area contributed by atoms with Gasteiger partial charge in [-0.25, -0.2) is 4.68 Å². The number of aromatic nitrogens is 4. The van der Waals surface area contributed by atoms with Gasteiger partial charge in [0.15, 0.2) is 5.82 Å². The smallest absolute Gasteiger partial charge is 0.165 e. The fourth-order valence-electron chi connectivity index (χ4n) is 3.10. The summed E-state index contributed by atoms with van der Waals surface area (Å²) in [4.78, 5) is 4.98. The van der Waals surface area contributed by atoms with Crippen molar-refractivity contribution in [1.29, 1.82) is 0 Å². The fourth-order valence-corrected chi connectivity index (χ4v) is 3.10. The van der Waals surface area contributed by atoms with Gasteiger partial charge >= 0.3 is 0 Å². The lowest BCUT2D eigenvalue weighted by Crippen LogP contribution is -2.45. The third-order valence-corrected chi connectivity index (χ3v) is 4.36. The molecule has 0 bridgehead atoms. The molecule has 0 spiro atoms. The first-order valence-corrected chi connectivity index (χ1v) is 8.50. The Balaban J connectivity index is 1.49. The highest BCUT2D eigenvalue weighted by atomic mass is 15.5. The van der Waals surface area contributed by atoms with Crippen LogP contribution in [0.25, 0.3) is 0 Å².